The summed E-state index contributed by atoms with van der Waals surface area (Å²) in [5.41, 5.74) is 2.12. The van der Waals surface area contributed by atoms with Crippen LogP contribution in [0, 0.1) is 28.4 Å². The molecule has 2 aromatic carbocycles. The number of carbonyl (C=O) groups excluding carboxylic acids is 1. The van der Waals surface area contributed by atoms with E-state index in [4.69, 9.17) is 4.42 Å². The Morgan fingerprint density at radius 2 is 1.79 bits per heavy atom. The number of nitrogens with zero attached hydrogens (tertiary/aromatic N) is 2. The zero-order chi connectivity index (χ0) is 20.1. The van der Waals surface area contributed by atoms with Gasteiger partial charge in [-0.05, 0) is 31.2 Å². The molecule has 138 valence electrons. The van der Waals surface area contributed by atoms with E-state index in [1.165, 1.54) is 30.3 Å². The molecule has 1 N–H and O–H groups in total. The van der Waals surface area contributed by atoms with Crippen molar-refractivity contribution in [2.45, 2.75) is 6.92 Å². The van der Waals surface area contributed by atoms with E-state index in [-0.39, 0.29) is 11.3 Å². The molecule has 7 heteroatoms. The summed E-state index contributed by atoms with van der Waals surface area (Å²) in [5, 5.41) is 22.5. The Bertz CT molecular complexity index is 1090. The Kier molecular flexibility index (Phi) is 5.33. The fraction of sp³-hybridized carbons (Fsp3) is 0.0476. The number of anilines is 1. The van der Waals surface area contributed by atoms with Crippen molar-refractivity contribution in [3.05, 3.63) is 87.7 Å². The third kappa shape index (κ3) is 4.31. The van der Waals surface area contributed by atoms with Gasteiger partial charge >= 0.3 is 0 Å². The van der Waals surface area contributed by atoms with Crippen molar-refractivity contribution in [3.63, 3.8) is 0 Å². The number of nitro groups is 1. The average molecular weight is 373 g/mol. The molecule has 3 rings (SSSR count). The molecule has 0 unspecified atom stereocenters. The number of non-ortho nitro benzene ring substituents is 1. The maximum Gasteiger partial charge on any atom is 0.269 e. The van der Waals surface area contributed by atoms with E-state index >= 15 is 0 Å². The number of rotatable bonds is 5. The Labute approximate surface area is 160 Å². The van der Waals surface area contributed by atoms with Crippen LogP contribution in [-0.2, 0) is 4.79 Å². The van der Waals surface area contributed by atoms with Gasteiger partial charge in [0.05, 0.1) is 4.92 Å². The van der Waals surface area contributed by atoms with E-state index in [2.05, 4.69) is 5.32 Å². The van der Waals surface area contributed by atoms with E-state index in [9.17, 15) is 20.2 Å². The van der Waals surface area contributed by atoms with Gasteiger partial charge in [0.25, 0.3) is 11.6 Å². The van der Waals surface area contributed by atoms with Crippen LogP contribution >= 0.6 is 0 Å². The topological polar surface area (TPSA) is 109 Å². The smallest absolute Gasteiger partial charge is 0.269 e. The van der Waals surface area contributed by atoms with Crippen LogP contribution in [0.15, 0.2) is 70.7 Å². The Morgan fingerprint density at radius 1 is 1.11 bits per heavy atom. The quantitative estimate of drug-likeness (QED) is 0.301. The molecule has 0 spiro atoms. The van der Waals surface area contributed by atoms with Crippen LogP contribution in [0.1, 0.15) is 11.3 Å². The van der Waals surface area contributed by atoms with Crippen molar-refractivity contribution >= 4 is 23.4 Å². The molecule has 0 bridgehead atoms. The van der Waals surface area contributed by atoms with Gasteiger partial charge in [0.2, 0.25) is 0 Å². The molecule has 0 aliphatic carbocycles. The maximum absolute atomic E-state index is 12.3. The van der Waals surface area contributed by atoms with Crippen molar-refractivity contribution in [2.75, 3.05) is 5.32 Å². The molecule has 1 aromatic heterocycles. The molecule has 1 heterocycles. The zero-order valence-corrected chi connectivity index (χ0v) is 14.9. The van der Waals surface area contributed by atoms with Gasteiger partial charge < -0.3 is 9.73 Å². The van der Waals surface area contributed by atoms with Crippen LogP contribution in [0.3, 0.4) is 0 Å². The molecule has 0 aliphatic heterocycles. The molecule has 0 saturated heterocycles. The van der Waals surface area contributed by atoms with Gasteiger partial charge in [-0.3, -0.25) is 14.9 Å². The first-order valence-corrected chi connectivity index (χ1v) is 8.31. The second-order valence-electron chi connectivity index (χ2n) is 6.00. The average Bonchev–Trinajstić information content (AvgIpc) is 3.15. The molecule has 0 fully saturated rings. The predicted octanol–water partition coefficient (Wildman–Crippen LogP) is 4.71. The highest BCUT2D eigenvalue weighted by atomic mass is 16.6. The fourth-order valence-corrected chi connectivity index (χ4v) is 2.46. The lowest BCUT2D eigenvalue weighted by Crippen LogP contribution is -2.13. The van der Waals surface area contributed by atoms with Crippen molar-refractivity contribution in [1.29, 1.82) is 5.26 Å². The van der Waals surface area contributed by atoms with Crippen LogP contribution in [0.4, 0.5) is 11.4 Å². The minimum atomic E-state index is -0.635. The summed E-state index contributed by atoms with van der Waals surface area (Å²) in [6.07, 6.45) is 1.35. The second kappa shape index (κ2) is 8.01. The van der Waals surface area contributed by atoms with Gasteiger partial charge in [0.1, 0.15) is 23.2 Å². The van der Waals surface area contributed by atoms with Gasteiger partial charge in [0, 0.05) is 29.5 Å². The van der Waals surface area contributed by atoms with Crippen LogP contribution in [0.5, 0.6) is 0 Å². The molecule has 1 amide bonds. The molecule has 0 aliphatic rings. The molecule has 0 radical (unpaired) electrons. The summed E-state index contributed by atoms with van der Waals surface area (Å²) in [4.78, 5) is 22.4. The predicted molar refractivity (Wildman–Crippen MR) is 104 cm³/mol. The Balaban J connectivity index is 1.76. The summed E-state index contributed by atoms with van der Waals surface area (Å²) < 4.78 is 5.70. The SMILES string of the molecule is Cc1ccc(-c2ccc(/C=C(\C#N)C(=O)Nc3ccc([N+](=O)[O-])cc3)o2)cc1. The lowest BCUT2D eigenvalue weighted by molar-refractivity contribution is -0.384. The largest absolute Gasteiger partial charge is 0.457 e. The number of hydrogen-bond donors (Lipinski definition) is 1. The van der Waals surface area contributed by atoms with Gasteiger partial charge in [-0.1, -0.05) is 29.8 Å². The number of nitrogens with one attached hydrogen (secondary N) is 1. The van der Waals surface area contributed by atoms with E-state index in [0.29, 0.717) is 17.2 Å². The number of amides is 1. The highest BCUT2D eigenvalue weighted by molar-refractivity contribution is 6.09. The first-order valence-electron chi connectivity index (χ1n) is 8.31. The number of benzene rings is 2. The highest BCUT2D eigenvalue weighted by Gasteiger charge is 2.12. The molecule has 3 aromatic rings. The zero-order valence-electron chi connectivity index (χ0n) is 14.9. The van der Waals surface area contributed by atoms with Gasteiger partial charge in [-0.15, -0.1) is 0 Å². The summed E-state index contributed by atoms with van der Waals surface area (Å²) in [6, 6.07) is 18.4. The minimum absolute atomic E-state index is 0.0896. The number of nitriles is 1. The number of hydrogen-bond acceptors (Lipinski definition) is 5. The van der Waals surface area contributed by atoms with Crippen molar-refractivity contribution in [1.82, 2.24) is 0 Å². The van der Waals surface area contributed by atoms with Gasteiger partial charge in [0.15, 0.2) is 0 Å². The maximum atomic E-state index is 12.3. The van der Waals surface area contributed by atoms with Crippen LogP contribution in [0.2, 0.25) is 0 Å². The standard InChI is InChI=1S/C21H15N3O4/c1-14-2-4-15(5-3-14)20-11-10-19(28-20)12-16(13-22)21(25)23-17-6-8-18(9-7-17)24(26)27/h2-12H,1H3,(H,23,25)/b16-12+. The fourth-order valence-electron chi connectivity index (χ4n) is 2.46. The molecule has 0 atom stereocenters. The van der Waals surface area contributed by atoms with Crippen LogP contribution in [-0.4, -0.2) is 10.8 Å². The highest BCUT2D eigenvalue weighted by Crippen LogP contribution is 2.24. The van der Waals surface area contributed by atoms with E-state index in [0.717, 1.165) is 11.1 Å². The van der Waals surface area contributed by atoms with E-state index in [1.807, 2.05) is 37.3 Å². The number of furan rings is 1. The number of nitro benzene ring substituents is 1. The lowest BCUT2D eigenvalue weighted by atomic mass is 10.1. The molecule has 0 saturated carbocycles. The summed E-state index contributed by atoms with van der Waals surface area (Å²) in [6.45, 7) is 1.99. The summed E-state index contributed by atoms with van der Waals surface area (Å²) in [7, 11) is 0. The van der Waals surface area contributed by atoms with Crippen molar-refractivity contribution in [2.24, 2.45) is 0 Å². The molecular formula is C21H15N3O4. The minimum Gasteiger partial charge on any atom is -0.457 e. The van der Waals surface area contributed by atoms with Crippen molar-refractivity contribution < 1.29 is 14.1 Å². The summed E-state index contributed by atoms with van der Waals surface area (Å²) in [5.74, 6) is 0.356. The molecule has 7 nitrogen and oxygen atoms in total. The van der Waals surface area contributed by atoms with Gasteiger partial charge in [-0.2, -0.15) is 5.26 Å². The third-order valence-corrected chi connectivity index (χ3v) is 3.95. The first-order chi connectivity index (χ1) is 13.5. The third-order valence-electron chi connectivity index (χ3n) is 3.95. The molecular weight excluding hydrogens is 358 g/mol. The van der Waals surface area contributed by atoms with E-state index in [1.54, 1.807) is 12.1 Å². The van der Waals surface area contributed by atoms with Crippen molar-refractivity contribution in [3.8, 4) is 17.4 Å². The molecule has 28 heavy (non-hydrogen) atoms. The van der Waals surface area contributed by atoms with Gasteiger partial charge in [-0.25, -0.2) is 0 Å². The van der Waals surface area contributed by atoms with Crippen LogP contribution < -0.4 is 5.32 Å². The summed E-state index contributed by atoms with van der Waals surface area (Å²) >= 11 is 0. The Hall–Kier alpha value is -4.18. The van der Waals surface area contributed by atoms with E-state index < -0.39 is 10.8 Å². The lowest BCUT2D eigenvalue weighted by Gasteiger charge is -2.03. The first kappa shape index (κ1) is 18.6. The monoisotopic (exact) mass is 373 g/mol. The Morgan fingerprint density at radius 3 is 2.39 bits per heavy atom. The number of carbonyl (C=O) groups is 1. The normalized spacial score (nSPS) is 10.9. The second-order valence-corrected chi connectivity index (χ2v) is 6.00. The number of aryl methyl sites for hydroxylation is 1. The van der Waals surface area contributed by atoms with Crippen LogP contribution in [0.25, 0.3) is 17.4 Å².